The zero-order chi connectivity index (χ0) is 20.8. The highest BCUT2D eigenvalue weighted by atomic mass is 32.1. The first-order valence-electron chi connectivity index (χ1n) is 10.1. The second-order valence-electron chi connectivity index (χ2n) is 7.17. The van der Waals surface area contributed by atoms with Crippen molar-refractivity contribution in [1.82, 2.24) is 4.90 Å². The Morgan fingerprint density at radius 2 is 1.37 bits per heavy atom. The van der Waals surface area contributed by atoms with Crippen LogP contribution in [0.4, 0.5) is 22.7 Å². The summed E-state index contributed by atoms with van der Waals surface area (Å²) in [7, 11) is 1.69. The van der Waals surface area contributed by atoms with Crippen LogP contribution in [0.15, 0.2) is 78.9 Å². The standard InChI is InChI=1S/C24H26N4OS/c1-29-23-13-11-22(12-14-23)27-15-17-28(18-16-27)24(30)26-21-9-7-20(8-10-21)25-19-5-3-2-4-6-19/h2-14,25H,15-18H2,1H3,(H,26,30). The van der Waals surface area contributed by atoms with Crippen molar-refractivity contribution in [2.24, 2.45) is 0 Å². The van der Waals surface area contributed by atoms with Gasteiger partial charge in [-0.05, 0) is 72.9 Å². The second-order valence-corrected chi connectivity index (χ2v) is 7.56. The summed E-state index contributed by atoms with van der Waals surface area (Å²) in [6.07, 6.45) is 0. The molecule has 2 N–H and O–H groups in total. The molecule has 0 aliphatic carbocycles. The van der Waals surface area contributed by atoms with Gasteiger partial charge in [-0.1, -0.05) is 18.2 Å². The van der Waals surface area contributed by atoms with E-state index in [0.717, 1.165) is 54.1 Å². The SMILES string of the molecule is COc1ccc(N2CCN(C(=S)Nc3ccc(Nc4ccccc4)cc3)CC2)cc1. The van der Waals surface area contributed by atoms with Gasteiger partial charge in [0.2, 0.25) is 0 Å². The van der Waals surface area contributed by atoms with Crippen LogP contribution in [0.3, 0.4) is 0 Å². The zero-order valence-corrected chi connectivity index (χ0v) is 17.9. The van der Waals surface area contributed by atoms with E-state index in [9.17, 15) is 0 Å². The van der Waals surface area contributed by atoms with E-state index in [2.05, 4.69) is 44.7 Å². The van der Waals surface area contributed by atoms with E-state index in [0.29, 0.717) is 0 Å². The predicted octanol–water partition coefficient (Wildman–Crippen LogP) is 4.96. The molecule has 30 heavy (non-hydrogen) atoms. The van der Waals surface area contributed by atoms with Gasteiger partial charge >= 0.3 is 0 Å². The number of anilines is 4. The molecule has 0 unspecified atom stereocenters. The first-order valence-corrected chi connectivity index (χ1v) is 10.5. The molecule has 0 spiro atoms. The van der Waals surface area contributed by atoms with E-state index < -0.39 is 0 Å². The molecule has 5 nitrogen and oxygen atoms in total. The van der Waals surface area contributed by atoms with Crippen molar-refractivity contribution in [3.63, 3.8) is 0 Å². The molecule has 1 aliphatic rings. The van der Waals surface area contributed by atoms with Crippen LogP contribution in [0, 0.1) is 0 Å². The molecule has 3 aromatic rings. The first-order chi connectivity index (χ1) is 14.7. The number of nitrogens with zero attached hydrogens (tertiary/aromatic N) is 2. The van der Waals surface area contributed by atoms with Crippen LogP contribution in [0.25, 0.3) is 0 Å². The fourth-order valence-corrected chi connectivity index (χ4v) is 3.79. The molecule has 6 heteroatoms. The zero-order valence-electron chi connectivity index (χ0n) is 17.0. The quantitative estimate of drug-likeness (QED) is 0.571. The highest BCUT2D eigenvalue weighted by Crippen LogP contribution is 2.22. The predicted molar refractivity (Wildman–Crippen MR) is 129 cm³/mol. The molecule has 0 saturated carbocycles. The summed E-state index contributed by atoms with van der Waals surface area (Å²) in [5, 5.41) is 7.53. The lowest BCUT2D eigenvalue weighted by Crippen LogP contribution is -2.50. The Bertz CT molecular complexity index is 953. The van der Waals surface area contributed by atoms with Crippen LogP contribution in [0.1, 0.15) is 0 Å². The van der Waals surface area contributed by atoms with Crippen molar-refractivity contribution in [2.45, 2.75) is 0 Å². The molecular weight excluding hydrogens is 392 g/mol. The van der Waals surface area contributed by atoms with Gasteiger partial charge in [0.1, 0.15) is 5.75 Å². The van der Waals surface area contributed by atoms with Gasteiger partial charge in [0.05, 0.1) is 7.11 Å². The van der Waals surface area contributed by atoms with E-state index in [1.54, 1.807) is 7.11 Å². The molecular formula is C24H26N4OS. The number of methoxy groups -OCH3 is 1. The first kappa shape index (κ1) is 20.0. The lowest BCUT2D eigenvalue weighted by atomic mass is 10.2. The minimum atomic E-state index is 0.771. The molecule has 1 saturated heterocycles. The van der Waals surface area contributed by atoms with Gasteiger partial charge in [-0.15, -0.1) is 0 Å². The number of piperazine rings is 1. The van der Waals surface area contributed by atoms with Crippen LogP contribution in [-0.2, 0) is 0 Å². The summed E-state index contributed by atoms with van der Waals surface area (Å²) in [5.74, 6) is 0.882. The van der Waals surface area contributed by atoms with Gasteiger partial charge < -0.3 is 25.2 Å². The topological polar surface area (TPSA) is 39.8 Å². The minimum Gasteiger partial charge on any atom is -0.497 e. The monoisotopic (exact) mass is 418 g/mol. The van der Waals surface area contributed by atoms with Crippen LogP contribution in [-0.4, -0.2) is 43.3 Å². The molecule has 1 heterocycles. The number of hydrogen-bond acceptors (Lipinski definition) is 4. The third kappa shape index (κ3) is 5.02. The molecule has 154 valence electrons. The Morgan fingerprint density at radius 1 is 0.767 bits per heavy atom. The molecule has 0 aromatic heterocycles. The van der Waals surface area contributed by atoms with Crippen LogP contribution >= 0.6 is 12.2 Å². The Balaban J connectivity index is 1.28. The van der Waals surface area contributed by atoms with E-state index in [1.807, 2.05) is 54.6 Å². The maximum atomic E-state index is 5.65. The van der Waals surface area contributed by atoms with Crippen molar-refractivity contribution in [3.8, 4) is 5.75 Å². The summed E-state index contributed by atoms with van der Waals surface area (Å²) in [5.41, 5.74) is 4.33. The van der Waals surface area contributed by atoms with Crippen molar-refractivity contribution < 1.29 is 4.74 Å². The number of thiocarbonyl (C=S) groups is 1. The summed E-state index contributed by atoms with van der Waals surface area (Å²) in [4.78, 5) is 4.61. The summed E-state index contributed by atoms with van der Waals surface area (Å²) < 4.78 is 5.24. The second kappa shape index (κ2) is 9.50. The molecule has 0 atom stereocenters. The van der Waals surface area contributed by atoms with Crippen LogP contribution in [0.5, 0.6) is 5.75 Å². The van der Waals surface area contributed by atoms with Gasteiger partial charge in [0, 0.05) is 48.9 Å². The van der Waals surface area contributed by atoms with E-state index in [1.165, 1.54) is 5.69 Å². The third-order valence-electron chi connectivity index (χ3n) is 5.20. The minimum absolute atomic E-state index is 0.771. The van der Waals surface area contributed by atoms with Crippen molar-refractivity contribution >= 4 is 40.1 Å². The molecule has 1 fully saturated rings. The van der Waals surface area contributed by atoms with Crippen molar-refractivity contribution in [2.75, 3.05) is 48.8 Å². The Hall–Kier alpha value is -3.25. The highest BCUT2D eigenvalue weighted by Gasteiger charge is 2.19. The maximum absolute atomic E-state index is 5.65. The maximum Gasteiger partial charge on any atom is 0.173 e. The van der Waals surface area contributed by atoms with Gasteiger partial charge in [-0.2, -0.15) is 0 Å². The van der Waals surface area contributed by atoms with E-state index >= 15 is 0 Å². The van der Waals surface area contributed by atoms with Gasteiger partial charge in [-0.25, -0.2) is 0 Å². The average molecular weight is 419 g/mol. The highest BCUT2D eigenvalue weighted by molar-refractivity contribution is 7.80. The van der Waals surface area contributed by atoms with E-state index in [-0.39, 0.29) is 0 Å². The molecule has 0 radical (unpaired) electrons. The summed E-state index contributed by atoms with van der Waals surface area (Å²) in [6, 6.07) is 26.6. The van der Waals surface area contributed by atoms with Gasteiger partial charge in [0.25, 0.3) is 0 Å². The van der Waals surface area contributed by atoms with Crippen molar-refractivity contribution in [1.29, 1.82) is 0 Å². The Labute approximate surface area is 183 Å². The van der Waals surface area contributed by atoms with Crippen molar-refractivity contribution in [3.05, 3.63) is 78.9 Å². The van der Waals surface area contributed by atoms with Gasteiger partial charge in [-0.3, -0.25) is 0 Å². The molecule has 4 rings (SSSR count). The Kier molecular flexibility index (Phi) is 6.35. The largest absolute Gasteiger partial charge is 0.497 e. The summed E-state index contributed by atoms with van der Waals surface area (Å²) >= 11 is 5.65. The molecule has 3 aromatic carbocycles. The number of ether oxygens (including phenoxy) is 1. The number of hydrogen-bond donors (Lipinski definition) is 2. The number of rotatable bonds is 5. The van der Waals surface area contributed by atoms with Crippen LogP contribution in [0.2, 0.25) is 0 Å². The molecule has 0 amide bonds. The van der Waals surface area contributed by atoms with E-state index in [4.69, 9.17) is 17.0 Å². The number of benzene rings is 3. The normalized spacial score (nSPS) is 13.6. The molecule has 0 bridgehead atoms. The van der Waals surface area contributed by atoms with Crippen LogP contribution < -0.4 is 20.3 Å². The average Bonchev–Trinajstić information content (AvgIpc) is 2.81. The lowest BCUT2D eigenvalue weighted by molar-refractivity contribution is 0.390. The fourth-order valence-electron chi connectivity index (χ4n) is 3.49. The fraction of sp³-hybridized carbons (Fsp3) is 0.208. The third-order valence-corrected chi connectivity index (χ3v) is 5.56. The summed E-state index contributed by atoms with van der Waals surface area (Å²) in [6.45, 7) is 3.67. The van der Waals surface area contributed by atoms with Gasteiger partial charge in [0.15, 0.2) is 5.11 Å². The molecule has 1 aliphatic heterocycles. The number of nitrogens with one attached hydrogen (secondary N) is 2. The Morgan fingerprint density at radius 3 is 2.00 bits per heavy atom. The lowest BCUT2D eigenvalue weighted by Gasteiger charge is -2.37. The number of para-hydroxylation sites is 1. The smallest absolute Gasteiger partial charge is 0.173 e.